The van der Waals surface area contributed by atoms with Crippen LogP contribution in [0.2, 0.25) is 0 Å². The fourth-order valence-electron chi connectivity index (χ4n) is 5.50. The first-order valence-corrected chi connectivity index (χ1v) is 16.1. The van der Waals surface area contributed by atoms with Gasteiger partial charge in [-0.25, -0.2) is 9.78 Å². The van der Waals surface area contributed by atoms with E-state index in [1.165, 1.54) is 5.56 Å². The highest BCUT2D eigenvalue weighted by molar-refractivity contribution is 5.87. The number of piperidine rings is 1. The van der Waals surface area contributed by atoms with Crippen LogP contribution >= 0.6 is 0 Å². The number of anilines is 2. The topological polar surface area (TPSA) is 77.0 Å². The molecule has 0 amide bonds. The normalized spacial score (nSPS) is 15.6. The van der Waals surface area contributed by atoms with E-state index < -0.39 is 17.7 Å². The lowest BCUT2D eigenvalue weighted by Gasteiger charge is -2.41. The number of rotatable bonds is 11. The van der Waals surface area contributed by atoms with Crippen molar-refractivity contribution < 1.29 is 19.0 Å². The summed E-state index contributed by atoms with van der Waals surface area (Å²) < 4.78 is 18.2. The maximum absolute atomic E-state index is 13.7. The van der Waals surface area contributed by atoms with E-state index in [0.29, 0.717) is 13.2 Å². The van der Waals surface area contributed by atoms with E-state index in [-0.39, 0.29) is 11.5 Å². The van der Waals surface area contributed by atoms with Crippen LogP contribution in [0.3, 0.4) is 0 Å². The number of aryl methyl sites for hydroxylation is 2. The molecular weight excluding hydrogens is 564 g/mol. The fraction of sp³-hybridized carbons (Fsp3) is 0.541. The SMILES string of the molecule is Cc1ccc(OCCN(C)c2ccc(-c3cnc(C)c([C@H](OC(C)(C)C)C(=O)OC(C)C)c3N3CCC(C)(C)CC3)cn2)cc1. The molecule has 8 nitrogen and oxygen atoms in total. The molecule has 1 saturated heterocycles. The third-order valence-corrected chi connectivity index (χ3v) is 8.19. The van der Waals surface area contributed by atoms with Gasteiger partial charge in [0.15, 0.2) is 6.10 Å². The Labute approximate surface area is 270 Å². The van der Waals surface area contributed by atoms with Gasteiger partial charge in [-0.3, -0.25) is 4.98 Å². The van der Waals surface area contributed by atoms with Gasteiger partial charge in [-0.15, -0.1) is 0 Å². The molecule has 0 bridgehead atoms. The van der Waals surface area contributed by atoms with Crippen LogP contribution in [0.25, 0.3) is 11.1 Å². The van der Waals surface area contributed by atoms with Crippen LogP contribution in [0, 0.1) is 19.3 Å². The first kappa shape index (κ1) is 34.2. The zero-order valence-corrected chi connectivity index (χ0v) is 28.9. The minimum absolute atomic E-state index is 0.258. The molecule has 1 aromatic carbocycles. The summed E-state index contributed by atoms with van der Waals surface area (Å²) in [5, 5.41) is 0. The molecule has 2 aromatic heterocycles. The Morgan fingerprint density at radius 1 is 1.00 bits per heavy atom. The van der Waals surface area contributed by atoms with E-state index >= 15 is 0 Å². The van der Waals surface area contributed by atoms with Crippen LogP contribution in [-0.4, -0.2) is 60.9 Å². The van der Waals surface area contributed by atoms with Gasteiger partial charge in [-0.05, 0) is 91.0 Å². The Hall–Kier alpha value is -3.65. The van der Waals surface area contributed by atoms with Crippen LogP contribution in [0.5, 0.6) is 5.75 Å². The first-order chi connectivity index (χ1) is 21.1. The molecule has 3 heterocycles. The number of hydrogen-bond donors (Lipinski definition) is 0. The second-order valence-corrected chi connectivity index (χ2v) is 14.3. The molecule has 1 aliphatic rings. The summed E-state index contributed by atoms with van der Waals surface area (Å²) in [5.41, 5.74) is 5.24. The number of nitrogens with zero attached hydrogens (tertiary/aromatic N) is 4. The highest BCUT2D eigenvalue weighted by atomic mass is 16.6. The second kappa shape index (κ2) is 14.2. The highest BCUT2D eigenvalue weighted by Gasteiger charge is 2.37. The zero-order chi connectivity index (χ0) is 32.9. The average Bonchev–Trinajstić information content (AvgIpc) is 2.96. The van der Waals surface area contributed by atoms with Crippen LogP contribution in [0.4, 0.5) is 11.5 Å². The number of ether oxygens (including phenoxy) is 3. The van der Waals surface area contributed by atoms with Crippen molar-refractivity contribution in [3.8, 4) is 16.9 Å². The lowest BCUT2D eigenvalue weighted by molar-refractivity contribution is -0.171. The molecule has 3 aromatic rings. The van der Waals surface area contributed by atoms with E-state index in [1.807, 2.05) is 79.2 Å². The van der Waals surface area contributed by atoms with Gasteiger partial charge < -0.3 is 24.0 Å². The number of benzene rings is 1. The van der Waals surface area contributed by atoms with Crippen molar-refractivity contribution in [2.24, 2.45) is 5.41 Å². The number of pyridine rings is 2. The fourth-order valence-corrected chi connectivity index (χ4v) is 5.50. The summed E-state index contributed by atoms with van der Waals surface area (Å²) in [7, 11) is 2.02. The molecular formula is C37H52N4O4. The van der Waals surface area contributed by atoms with Crippen molar-refractivity contribution >= 4 is 17.5 Å². The molecule has 1 atom stereocenters. The molecule has 0 radical (unpaired) electrons. The number of hydrogen-bond acceptors (Lipinski definition) is 8. The van der Waals surface area contributed by atoms with E-state index in [2.05, 4.69) is 48.8 Å². The largest absolute Gasteiger partial charge is 0.492 e. The van der Waals surface area contributed by atoms with Gasteiger partial charge in [0.25, 0.3) is 0 Å². The molecule has 1 fully saturated rings. The molecule has 4 rings (SSSR count). The minimum Gasteiger partial charge on any atom is -0.492 e. The van der Waals surface area contributed by atoms with Gasteiger partial charge in [-0.2, -0.15) is 0 Å². The lowest BCUT2D eigenvalue weighted by Crippen LogP contribution is -2.39. The lowest BCUT2D eigenvalue weighted by atomic mass is 9.82. The first-order valence-electron chi connectivity index (χ1n) is 16.1. The molecule has 1 aliphatic heterocycles. The predicted octanol–water partition coefficient (Wildman–Crippen LogP) is 7.71. The summed E-state index contributed by atoms with van der Waals surface area (Å²) in [6, 6.07) is 12.2. The second-order valence-electron chi connectivity index (χ2n) is 14.3. The third kappa shape index (κ3) is 9.19. The number of esters is 1. The van der Waals surface area contributed by atoms with Crippen molar-refractivity contribution in [3.63, 3.8) is 0 Å². The van der Waals surface area contributed by atoms with Gasteiger partial charge in [0.05, 0.1) is 23.9 Å². The third-order valence-electron chi connectivity index (χ3n) is 8.19. The Bertz CT molecular complexity index is 1420. The standard InChI is InChI=1S/C37H52N4O4/c1-25(2)44-35(42)34(45-36(5,6)7)32-27(4)38-24-30(33(32)41-19-17-37(8,9)18-20-41)28-13-16-31(39-23-28)40(10)21-22-43-29-14-11-26(3)12-15-29/h11-16,23-25,34H,17-22H2,1-10H3/t34-/m0/s1. The predicted molar refractivity (Wildman–Crippen MR) is 182 cm³/mol. The van der Waals surface area contributed by atoms with E-state index in [4.69, 9.17) is 24.2 Å². The summed E-state index contributed by atoms with van der Waals surface area (Å²) in [6.07, 6.45) is 4.70. The van der Waals surface area contributed by atoms with E-state index in [1.54, 1.807) is 0 Å². The summed E-state index contributed by atoms with van der Waals surface area (Å²) in [6.45, 7) is 21.2. The molecule has 0 N–H and O–H groups in total. The number of aromatic nitrogens is 2. The van der Waals surface area contributed by atoms with Gasteiger partial charge in [-0.1, -0.05) is 31.5 Å². The maximum atomic E-state index is 13.7. The quantitative estimate of drug-likeness (QED) is 0.203. The van der Waals surface area contributed by atoms with Crippen molar-refractivity contribution in [2.45, 2.75) is 93.0 Å². The average molecular weight is 617 g/mol. The smallest absolute Gasteiger partial charge is 0.340 e. The number of carbonyl (C=O) groups is 1. The van der Waals surface area contributed by atoms with Gasteiger partial charge in [0, 0.05) is 54.9 Å². The van der Waals surface area contributed by atoms with Crippen LogP contribution in [0.1, 0.15) is 84.2 Å². The van der Waals surface area contributed by atoms with Crippen molar-refractivity contribution in [3.05, 3.63) is 65.6 Å². The number of carbonyl (C=O) groups excluding carboxylic acids is 1. The highest BCUT2D eigenvalue weighted by Crippen LogP contribution is 2.43. The Balaban J connectivity index is 1.69. The Morgan fingerprint density at radius 3 is 2.24 bits per heavy atom. The summed E-state index contributed by atoms with van der Waals surface area (Å²) in [5.74, 6) is 1.31. The summed E-state index contributed by atoms with van der Waals surface area (Å²) in [4.78, 5) is 27.8. The Kier molecular flexibility index (Phi) is 10.8. The van der Waals surface area contributed by atoms with Crippen molar-refractivity contribution in [1.82, 2.24) is 9.97 Å². The van der Waals surface area contributed by atoms with Crippen LogP contribution < -0.4 is 14.5 Å². The molecule has 45 heavy (non-hydrogen) atoms. The van der Waals surface area contributed by atoms with E-state index in [0.717, 1.165) is 65.6 Å². The van der Waals surface area contributed by atoms with Gasteiger partial charge >= 0.3 is 5.97 Å². The number of likely N-dealkylation sites (N-methyl/N-ethyl adjacent to an activating group) is 1. The van der Waals surface area contributed by atoms with Gasteiger partial charge in [0.1, 0.15) is 18.2 Å². The minimum atomic E-state index is -0.920. The zero-order valence-electron chi connectivity index (χ0n) is 28.9. The molecule has 0 unspecified atom stereocenters. The maximum Gasteiger partial charge on any atom is 0.340 e. The van der Waals surface area contributed by atoms with Gasteiger partial charge in [0.2, 0.25) is 0 Å². The van der Waals surface area contributed by atoms with E-state index in [9.17, 15) is 4.79 Å². The van der Waals surface area contributed by atoms with Crippen LogP contribution in [-0.2, 0) is 14.3 Å². The molecule has 8 heteroatoms. The molecule has 244 valence electrons. The monoisotopic (exact) mass is 616 g/mol. The summed E-state index contributed by atoms with van der Waals surface area (Å²) >= 11 is 0. The molecule has 0 aliphatic carbocycles. The molecule has 0 saturated carbocycles. The molecule has 0 spiro atoms. The van der Waals surface area contributed by atoms with Crippen molar-refractivity contribution in [1.29, 1.82) is 0 Å². The Morgan fingerprint density at radius 2 is 1.67 bits per heavy atom. The van der Waals surface area contributed by atoms with Crippen LogP contribution in [0.15, 0.2) is 48.8 Å². The van der Waals surface area contributed by atoms with Crippen molar-refractivity contribution in [2.75, 3.05) is 43.1 Å².